The molecule has 0 unspecified atom stereocenters. The summed E-state index contributed by atoms with van der Waals surface area (Å²) in [5.41, 5.74) is 2.08. The Morgan fingerprint density at radius 1 is 1.08 bits per heavy atom. The van der Waals surface area contributed by atoms with E-state index in [1.54, 1.807) is 41.3 Å². The molecule has 7 heteroatoms. The third-order valence-corrected chi connectivity index (χ3v) is 4.48. The highest BCUT2D eigenvalue weighted by Gasteiger charge is 2.23. The number of benzene rings is 1. The maximum absolute atomic E-state index is 13.1. The normalized spacial score (nSPS) is 15.4. The Balaban J connectivity index is 1.50. The van der Waals surface area contributed by atoms with Gasteiger partial charge in [0.1, 0.15) is 11.4 Å². The molecule has 0 atom stereocenters. The van der Waals surface area contributed by atoms with E-state index in [0.29, 0.717) is 30.8 Å². The van der Waals surface area contributed by atoms with Crippen molar-refractivity contribution in [1.82, 2.24) is 19.5 Å². The van der Waals surface area contributed by atoms with E-state index in [2.05, 4.69) is 15.0 Å². The Bertz CT molecular complexity index is 892. The summed E-state index contributed by atoms with van der Waals surface area (Å²) in [6.45, 7) is 2.84. The number of carbonyl (C=O) groups excluding carboxylic acids is 1. The highest BCUT2D eigenvalue weighted by Crippen LogP contribution is 2.18. The van der Waals surface area contributed by atoms with E-state index in [9.17, 15) is 9.18 Å². The highest BCUT2D eigenvalue weighted by atomic mass is 19.1. The van der Waals surface area contributed by atoms with Gasteiger partial charge < -0.3 is 9.80 Å². The SMILES string of the molecule is O=C(c1cnn2cccnc12)N1CCCN(c2ccc(F)cc2)CC1. The minimum atomic E-state index is -0.240. The number of hydrogen-bond donors (Lipinski definition) is 0. The number of anilines is 1. The molecule has 0 saturated carbocycles. The van der Waals surface area contributed by atoms with Crippen LogP contribution in [0.25, 0.3) is 5.65 Å². The molecule has 3 aromatic rings. The maximum Gasteiger partial charge on any atom is 0.259 e. The summed E-state index contributed by atoms with van der Waals surface area (Å²) in [5, 5.41) is 4.19. The molecule has 25 heavy (non-hydrogen) atoms. The van der Waals surface area contributed by atoms with Gasteiger partial charge in [0.05, 0.1) is 6.20 Å². The summed E-state index contributed by atoms with van der Waals surface area (Å²) >= 11 is 0. The number of carbonyl (C=O) groups is 1. The second-order valence-electron chi connectivity index (χ2n) is 6.06. The molecule has 1 amide bonds. The van der Waals surface area contributed by atoms with Crippen molar-refractivity contribution in [1.29, 1.82) is 0 Å². The zero-order valence-electron chi connectivity index (χ0n) is 13.7. The van der Waals surface area contributed by atoms with E-state index < -0.39 is 0 Å². The van der Waals surface area contributed by atoms with Gasteiger partial charge in [0.15, 0.2) is 5.65 Å². The number of aromatic nitrogens is 3. The lowest BCUT2D eigenvalue weighted by Crippen LogP contribution is -2.35. The molecular formula is C18H18FN5O. The fraction of sp³-hybridized carbons (Fsp3) is 0.278. The van der Waals surface area contributed by atoms with Crippen LogP contribution in [0.4, 0.5) is 10.1 Å². The molecular weight excluding hydrogens is 321 g/mol. The van der Waals surface area contributed by atoms with Gasteiger partial charge in [-0.3, -0.25) is 4.79 Å². The third-order valence-electron chi connectivity index (χ3n) is 4.48. The van der Waals surface area contributed by atoms with Crippen molar-refractivity contribution in [2.75, 3.05) is 31.1 Å². The van der Waals surface area contributed by atoms with Gasteiger partial charge in [-0.1, -0.05) is 0 Å². The molecule has 4 rings (SSSR count). The lowest BCUT2D eigenvalue weighted by molar-refractivity contribution is 0.0768. The molecule has 2 aromatic heterocycles. The summed E-state index contributed by atoms with van der Waals surface area (Å²) in [6, 6.07) is 8.27. The molecule has 6 nitrogen and oxygen atoms in total. The average molecular weight is 339 g/mol. The van der Waals surface area contributed by atoms with Crippen molar-refractivity contribution in [2.45, 2.75) is 6.42 Å². The van der Waals surface area contributed by atoms with Crippen molar-refractivity contribution in [3.05, 3.63) is 60.3 Å². The van der Waals surface area contributed by atoms with Gasteiger partial charge in [0, 0.05) is 44.3 Å². The van der Waals surface area contributed by atoms with Crippen molar-refractivity contribution >= 4 is 17.2 Å². The van der Waals surface area contributed by atoms with Crippen LogP contribution >= 0.6 is 0 Å². The molecule has 1 fully saturated rings. The number of nitrogens with zero attached hydrogens (tertiary/aromatic N) is 5. The molecule has 1 aliphatic rings. The Kier molecular flexibility index (Phi) is 4.05. The summed E-state index contributed by atoms with van der Waals surface area (Å²) in [7, 11) is 0. The molecule has 0 N–H and O–H groups in total. The van der Waals surface area contributed by atoms with Crippen LogP contribution in [0.3, 0.4) is 0 Å². The summed E-state index contributed by atoms with van der Waals surface area (Å²) in [6.07, 6.45) is 5.87. The van der Waals surface area contributed by atoms with Crippen molar-refractivity contribution in [3.8, 4) is 0 Å². The number of rotatable bonds is 2. The fourth-order valence-corrected chi connectivity index (χ4v) is 3.18. The van der Waals surface area contributed by atoms with Crippen LogP contribution in [-0.4, -0.2) is 51.6 Å². The van der Waals surface area contributed by atoms with Crippen molar-refractivity contribution in [3.63, 3.8) is 0 Å². The van der Waals surface area contributed by atoms with Gasteiger partial charge >= 0.3 is 0 Å². The smallest absolute Gasteiger partial charge is 0.259 e. The van der Waals surface area contributed by atoms with Crippen molar-refractivity contribution in [2.24, 2.45) is 0 Å². The summed E-state index contributed by atoms with van der Waals surface area (Å²) in [4.78, 5) is 21.2. The molecule has 3 heterocycles. The number of halogens is 1. The van der Waals surface area contributed by atoms with Crippen LogP contribution in [0.2, 0.25) is 0 Å². The minimum Gasteiger partial charge on any atom is -0.370 e. The monoisotopic (exact) mass is 339 g/mol. The van der Waals surface area contributed by atoms with Gasteiger partial charge in [-0.2, -0.15) is 5.10 Å². The van der Waals surface area contributed by atoms with Gasteiger partial charge in [-0.05, 0) is 36.8 Å². The number of amides is 1. The van der Waals surface area contributed by atoms with E-state index in [-0.39, 0.29) is 11.7 Å². The Morgan fingerprint density at radius 3 is 2.76 bits per heavy atom. The summed E-state index contributed by atoms with van der Waals surface area (Å²) in [5.74, 6) is -0.286. The van der Waals surface area contributed by atoms with Gasteiger partial charge in [-0.25, -0.2) is 13.9 Å². The van der Waals surface area contributed by atoms with Crippen LogP contribution in [0.15, 0.2) is 48.9 Å². The number of fused-ring (bicyclic) bond motifs is 1. The standard InChI is InChI=1S/C18H18FN5O/c19-14-3-5-15(6-4-14)22-8-2-9-23(12-11-22)18(25)16-13-21-24-10-1-7-20-17(16)24/h1,3-7,10,13H,2,8-9,11-12H2. The molecule has 1 aliphatic heterocycles. The predicted molar refractivity (Wildman–Crippen MR) is 92.1 cm³/mol. The molecule has 128 valence electrons. The van der Waals surface area contributed by atoms with Crippen LogP contribution in [0.1, 0.15) is 16.8 Å². The fourth-order valence-electron chi connectivity index (χ4n) is 3.18. The number of hydrogen-bond acceptors (Lipinski definition) is 4. The predicted octanol–water partition coefficient (Wildman–Crippen LogP) is 2.22. The largest absolute Gasteiger partial charge is 0.370 e. The first-order valence-corrected chi connectivity index (χ1v) is 8.30. The van der Waals surface area contributed by atoms with E-state index in [1.807, 2.05) is 4.90 Å². The maximum atomic E-state index is 13.1. The lowest BCUT2D eigenvalue weighted by atomic mass is 10.2. The van der Waals surface area contributed by atoms with Crippen molar-refractivity contribution < 1.29 is 9.18 Å². The molecule has 0 aliphatic carbocycles. The van der Waals surface area contributed by atoms with Gasteiger partial charge in [-0.15, -0.1) is 0 Å². The van der Waals surface area contributed by atoms with Crippen LogP contribution in [0, 0.1) is 5.82 Å². The van der Waals surface area contributed by atoms with E-state index in [1.165, 1.54) is 12.1 Å². The highest BCUT2D eigenvalue weighted by molar-refractivity contribution is 5.99. The minimum absolute atomic E-state index is 0.0466. The molecule has 1 saturated heterocycles. The zero-order valence-corrected chi connectivity index (χ0v) is 13.7. The Labute approximate surface area is 144 Å². The quantitative estimate of drug-likeness (QED) is 0.718. The third kappa shape index (κ3) is 3.05. The van der Waals surface area contributed by atoms with Gasteiger partial charge in [0.25, 0.3) is 5.91 Å². The first-order chi connectivity index (χ1) is 12.2. The Morgan fingerprint density at radius 2 is 1.92 bits per heavy atom. The molecule has 0 radical (unpaired) electrons. The zero-order chi connectivity index (χ0) is 17.2. The second-order valence-corrected chi connectivity index (χ2v) is 6.06. The van der Waals surface area contributed by atoms with E-state index in [4.69, 9.17) is 0 Å². The second kappa shape index (κ2) is 6.51. The summed E-state index contributed by atoms with van der Waals surface area (Å²) < 4.78 is 14.7. The van der Waals surface area contributed by atoms with E-state index >= 15 is 0 Å². The van der Waals surface area contributed by atoms with Crippen LogP contribution < -0.4 is 4.90 Å². The Hall–Kier alpha value is -2.96. The first-order valence-electron chi connectivity index (χ1n) is 8.30. The molecule has 1 aromatic carbocycles. The van der Waals surface area contributed by atoms with Crippen LogP contribution in [-0.2, 0) is 0 Å². The molecule has 0 spiro atoms. The first kappa shape index (κ1) is 15.6. The topological polar surface area (TPSA) is 53.7 Å². The van der Waals surface area contributed by atoms with Crippen LogP contribution in [0.5, 0.6) is 0 Å². The lowest BCUT2D eigenvalue weighted by Gasteiger charge is -2.23. The van der Waals surface area contributed by atoms with E-state index in [0.717, 1.165) is 18.7 Å². The average Bonchev–Trinajstić information content (AvgIpc) is 2.91. The molecule has 0 bridgehead atoms. The van der Waals surface area contributed by atoms with Gasteiger partial charge in [0.2, 0.25) is 0 Å².